The third kappa shape index (κ3) is 3.98. The molecule has 2 heterocycles. The summed E-state index contributed by atoms with van der Waals surface area (Å²) < 4.78 is 5.80. The maximum atomic E-state index is 13.5. The second kappa shape index (κ2) is 7.69. The van der Waals surface area contributed by atoms with Crippen LogP contribution in [0.15, 0.2) is 62.9 Å². The molecule has 6 heteroatoms. The molecule has 0 bridgehead atoms. The number of carbonyl (C=O) groups is 1. The normalized spacial score (nSPS) is 17.1. The van der Waals surface area contributed by atoms with E-state index in [2.05, 4.69) is 10.3 Å². The number of carbonyl (C=O) groups excluding carboxylic acids is 1. The van der Waals surface area contributed by atoms with Crippen LogP contribution in [0.3, 0.4) is 0 Å². The van der Waals surface area contributed by atoms with Crippen molar-refractivity contribution in [2.75, 3.05) is 11.4 Å². The Morgan fingerprint density at radius 2 is 1.81 bits per heavy atom. The molecule has 1 aromatic heterocycles. The molecule has 0 radical (unpaired) electrons. The predicted octanol–water partition coefficient (Wildman–Crippen LogP) is 4.28. The van der Waals surface area contributed by atoms with Gasteiger partial charge in [-0.15, -0.1) is 0 Å². The molecule has 1 aliphatic rings. The second-order valence-electron chi connectivity index (χ2n) is 9.03. The van der Waals surface area contributed by atoms with Gasteiger partial charge in [0.1, 0.15) is 30.3 Å². The van der Waals surface area contributed by atoms with Crippen molar-refractivity contribution >= 4 is 28.4 Å². The average Bonchev–Trinajstić information content (AvgIpc) is 2.71. The Balaban J connectivity index is 1.94. The van der Waals surface area contributed by atoms with Crippen molar-refractivity contribution in [1.29, 1.82) is 0 Å². The number of aliphatic imine (C=N–C) groups is 1. The number of nitrogens with zero attached hydrogens (tertiary/aromatic N) is 2. The fraction of sp³-hybridized carbons (Fsp3) is 0.320. The number of rotatable bonds is 2. The third-order valence-electron chi connectivity index (χ3n) is 5.44. The van der Waals surface area contributed by atoms with Crippen molar-refractivity contribution in [2.45, 2.75) is 46.2 Å². The van der Waals surface area contributed by atoms with Crippen LogP contribution in [-0.4, -0.2) is 23.8 Å². The van der Waals surface area contributed by atoms with Gasteiger partial charge in [0.2, 0.25) is 5.91 Å². The molecule has 2 aromatic carbocycles. The summed E-state index contributed by atoms with van der Waals surface area (Å²) in [4.78, 5) is 32.8. The van der Waals surface area contributed by atoms with E-state index in [0.717, 1.165) is 16.8 Å². The monoisotopic (exact) mass is 417 g/mol. The van der Waals surface area contributed by atoms with E-state index in [1.54, 1.807) is 23.1 Å². The summed E-state index contributed by atoms with van der Waals surface area (Å²) in [5, 5.41) is 3.88. The van der Waals surface area contributed by atoms with Crippen LogP contribution in [0.5, 0.6) is 0 Å². The third-order valence-corrected chi connectivity index (χ3v) is 5.44. The zero-order valence-corrected chi connectivity index (χ0v) is 18.5. The fourth-order valence-electron chi connectivity index (χ4n) is 3.81. The molecular weight excluding hydrogens is 390 g/mol. The Kier molecular flexibility index (Phi) is 5.17. The van der Waals surface area contributed by atoms with Gasteiger partial charge in [0.25, 0.3) is 0 Å². The predicted molar refractivity (Wildman–Crippen MR) is 124 cm³/mol. The Morgan fingerprint density at radius 3 is 2.52 bits per heavy atom. The summed E-state index contributed by atoms with van der Waals surface area (Å²) in [5.41, 5.74) is 3.36. The highest BCUT2D eigenvalue weighted by Gasteiger charge is 2.38. The maximum Gasteiger partial charge on any atom is 0.249 e. The second-order valence-corrected chi connectivity index (χ2v) is 9.03. The number of fused-ring (bicyclic) bond motifs is 1. The SMILES string of the molecule is Cc1ccc(N2C(=O)CN=C(NC(C)(C)C)C2c2coc3ccccc3c2=O)cc1C. The number of hydrogen-bond acceptors (Lipinski definition) is 5. The van der Waals surface area contributed by atoms with Crippen LogP contribution in [0, 0.1) is 13.8 Å². The number of anilines is 1. The molecule has 6 nitrogen and oxygen atoms in total. The summed E-state index contributed by atoms with van der Waals surface area (Å²) in [7, 11) is 0. The van der Waals surface area contributed by atoms with Crippen LogP contribution in [0.25, 0.3) is 11.0 Å². The minimum absolute atomic E-state index is 0.0146. The van der Waals surface area contributed by atoms with Crippen molar-refractivity contribution in [3.63, 3.8) is 0 Å². The first-order chi connectivity index (χ1) is 14.7. The molecule has 0 saturated carbocycles. The van der Waals surface area contributed by atoms with Crippen LogP contribution < -0.4 is 15.6 Å². The van der Waals surface area contributed by atoms with E-state index in [-0.39, 0.29) is 23.4 Å². The number of nitrogens with one attached hydrogen (secondary N) is 1. The van der Waals surface area contributed by atoms with Crippen molar-refractivity contribution < 1.29 is 9.21 Å². The molecule has 1 unspecified atom stereocenters. The Labute approximate surface area is 181 Å². The Bertz CT molecular complexity index is 1250. The highest BCUT2D eigenvalue weighted by atomic mass is 16.3. The number of aryl methyl sites for hydroxylation is 2. The van der Waals surface area contributed by atoms with Crippen molar-refractivity contribution in [1.82, 2.24) is 5.32 Å². The number of amidine groups is 1. The van der Waals surface area contributed by atoms with E-state index in [4.69, 9.17) is 4.42 Å². The van der Waals surface area contributed by atoms with Crippen LogP contribution in [0.2, 0.25) is 0 Å². The smallest absolute Gasteiger partial charge is 0.249 e. The molecule has 160 valence electrons. The minimum atomic E-state index is -0.705. The van der Waals surface area contributed by atoms with E-state index in [9.17, 15) is 9.59 Å². The largest absolute Gasteiger partial charge is 0.464 e. The first kappa shape index (κ1) is 20.8. The van der Waals surface area contributed by atoms with Crippen LogP contribution in [0.4, 0.5) is 5.69 Å². The lowest BCUT2D eigenvalue weighted by Crippen LogP contribution is -2.54. The number of para-hydroxylation sites is 1. The molecule has 0 saturated heterocycles. The highest BCUT2D eigenvalue weighted by molar-refractivity contribution is 6.08. The average molecular weight is 418 g/mol. The summed E-state index contributed by atoms with van der Waals surface area (Å²) in [5.74, 6) is 0.410. The molecule has 31 heavy (non-hydrogen) atoms. The van der Waals surface area contributed by atoms with Gasteiger partial charge >= 0.3 is 0 Å². The van der Waals surface area contributed by atoms with Gasteiger partial charge in [-0.2, -0.15) is 0 Å². The first-order valence-electron chi connectivity index (χ1n) is 10.4. The molecular formula is C25H27N3O3. The van der Waals surface area contributed by atoms with Gasteiger partial charge < -0.3 is 9.73 Å². The summed E-state index contributed by atoms with van der Waals surface area (Å²) in [6, 6.07) is 12.3. The van der Waals surface area contributed by atoms with Gasteiger partial charge in [-0.1, -0.05) is 18.2 Å². The zero-order chi connectivity index (χ0) is 22.3. The molecule has 0 fully saturated rings. The Hall–Kier alpha value is -3.41. The molecule has 0 spiro atoms. The van der Waals surface area contributed by atoms with Gasteiger partial charge in [0, 0.05) is 11.2 Å². The summed E-state index contributed by atoms with van der Waals surface area (Å²) in [6.07, 6.45) is 1.46. The molecule has 1 amide bonds. The van der Waals surface area contributed by atoms with Gasteiger partial charge in [-0.25, -0.2) is 0 Å². The van der Waals surface area contributed by atoms with Crippen molar-refractivity contribution in [3.8, 4) is 0 Å². The lowest BCUT2D eigenvalue weighted by molar-refractivity contribution is -0.117. The molecule has 1 aliphatic heterocycles. The zero-order valence-electron chi connectivity index (χ0n) is 18.5. The van der Waals surface area contributed by atoms with Gasteiger partial charge in [0.15, 0.2) is 5.43 Å². The van der Waals surface area contributed by atoms with Gasteiger partial charge in [-0.05, 0) is 70.0 Å². The molecule has 1 N–H and O–H groups in total. The van der Waals surface area contributed by atoms with Gasteiger partial charge in [0.05, 0.1) is 10.9 Å². The number of hydrogen-bond donors (Lipinski definition) is 1. The van der Waals surface area contributed by atoms with Gasteiger partial charge in [-0.3, -0.25) is 19.5 Å². The van der Waals surface area contributed by atoms with Crippen LogP contribution >= 0.6 is 0 Å². The maximum absolute atomic E-state index is 13.5. The lowest BCUT2D eigenvalue weighted by atomic mass is 9.98. The lowest BCUT2D eigenvalue weighted by Gasteiger charge is -2.38. The van der Waals surface area contributed by atoms with Crippen LogP contribution in [0.1, 0.15) is 43.5 Å². The van der Waals surface area contributed by atoms with Crippen molar-refractivity contribution in [3.05, 3.63) is 75.6 Å². The van der Waals surface area contributed by atoms with E-state index in [1.165, 1.54) is 6.26 Å². The minimum Gasteiger partial charge on any atom is -0.464 e. The van der Waals surface area contributed by atoms with E-state index >= 15 is 0 Å². The summed E-state index contributed by atoms with van der Waals surface area (Å²) in [6.45, 7) is 10.1. The molecule has 1 atom stereocenters. The molecule has 0 aliphatic carbocycles. The Morgan fingerprint density at radius 1 is 1.06 bits per heavy atom. The fourth-order valence-corrected chi connectivity index (χ4v) is 3.81. The standard InChI is InChI=1S/C25H27N3O3/c1-15-10-11-17(12-16(15)2)28-21(29)13-26-24(27-25(3,4)5)22(28)19-14-31-20-9-7-6-8-18(20)23(19)30/h6-12,14,22H,13H2,1-5H3,(H,26,27). The van der Waals surface area contributed by atoms with E-state index in [1.807, 2.05) is 58.9 Å². The quantitative estimate of drug-likeness (QED) is 0.675. The highest BCUT2D eigenvalue weighted by Crippen LogP contribution is 2.32. The first-order valence-corrected chi connectivity index (χ1v) is 10.4. The van der Waals surface area contributed by atoms with Crippen molar-refractivity contribution in [2.24, 2.45) is 4.99 Å². The van der Waals surface area contributed by atoms with Crippen LogP contribution in [-0.2, 0) is 4.79 Å². The molecule has 4 rings (SSSR count). The van der Waals surface area contributed by atoms with E-state index in [0.29, 0.717) is 22.4 Å². The van der Waals surface area contributed by atoms with E-state index < -0.39 is 6.04 Å². The summed E-state index contributed by atoms with van der Waals surface area (Å²) >= 11 is 0. The number of benzene rings is 2. The molecule has 3 aromatic rings. The topological polar surface area (TPSA) is 74.9 Å². The number of amides is 1.